The summed E-state index contributed by atoms with van der Waals surface area (Å²) in [7, 11) is 1.59. The molecule has 160 valence electrons. The molecule has 0 aromatic heterocycles. The zero-order valence-electron chi connectivity index (χ0n) is 18.1. The normalized spacial score (nSPS) is 14.7. The van der Waals surface area contributed by atoms with E-state index in [1.54, 1.807) is 7.11 Å². The number of rotatable bonds is 5. The largest absolute Gasteiger partial charge is 0.384 e. The van der Waals surface area contributed by atoms with Crippen molar-refractivity contribution in [1.82, 2.24) is 0 Å². The number of benzene rings is 2. The molecule has 2 heterocycles. The summed E-state index contributed by atoms with van der Waals surface area (Å²) in [6.45, 7) is 5.35. The molecule has 2 aliphatic heterocycles. The molecule has 0 saturated heterocycles. The molecule has 0 saturated carbocycles. The van der Waals surface area contributed by atoms with E-state index >= 15 is 0 Å². The number of hydrogen-bond donors (Lipinski definition) is 2. The van der Waals surface area contributed by atoms with Crippen molar-refractivity contribution in [2.45, 2.75) is 26.7 Å². The number of fused-ring (bicyclic) bond motifs is 5. The van der Waals surface area contributed by atoms with Gasteiger partial charge in [0.2, 0.25) is 5.91 Å². The molecule has 4 rings (SSSR count). The van der Waals surface area contributed by atoms with Crippen LogP contribution < -0.4 is 15.5 Å². The first-order valence-electron chi connectivity index (χ1n) is 10.4. The summed E-state index contributed by atoms with van der Waals surface area (Å²) in [6, 6.07) is 12.0. The lowest BCUT2D eigenvalue weighted by molar-refractivity contribution is -0.117. The number of anilines is 3. The second-order valence-corrected chi connectivity index (χ2v) is 7.71. The fourth-order valence-corrected chi connectivity index (χ4v) is 3.70. The molecule has 7 nitrogen and oxygen atoms in total. The van der Waals surface area contributed by atoms with Crippen molar-refractivity contribution in [3.63, 3.8) is 0 Å². The molecule has 2 aliphatic rings. The second kappa shape index (κ2) is 9.14. The minimum absolute atomic E-state index is 0.0815. The Kier molecular flexibility index (Phi) is 6.13. The molecule has 0 fully saturated rings. The van der Waals surface area contributed by atoms with E-state index < -0.39 is 0 Å². The van der Waals surface area contributed by atoms with Gasteiger partial charge in [0.25, 0.3) is 0 Å². The topological polar surface area (TPSA) is 78.3 Å². The van der Waals surface area contributed by atoms with Crippen LogP contribution in [-0.2, 0) is 9.53 Å². The van der Waals surface area contributed by atoms with Crippen LogP contribution in [0.4, 0.5) is 22.7 Å². The predicted octanol–water partition coefficient (Wildman–Crippen LogP) is 4.56. The van der Waals surface area contributed by atoms with Crippen molar-refractivity contribution < 1.29 is 9.53 Å². The first kappa shape index (κ1) is 20.8. The summed E-state index contributed by atoms with van der Waals surface area (Å²) in [5.74, 6) is 0.719. The van der Waals surface area contributed by atoms with Crippen LogP contribution >= 0.6 is 0 Å². The Morgan fingerprint density at radius 2 is 2.00 bits per heavy atom. The molecule has 0 atom stereocenters. The number of amidine groups is 1. The molecular weight excluding hydrogens is 390 g/mol. The van der Waals surface area contributed by atoms with Gasteiger partial charge in [-0.3, -0.25) is 4.79 Å². The van der Waals surface area contributed by atoms with E-state index in [1.807, 2.05) is 30.7 Å². The quantitative estimate of drug-likeness (QED) is 0.748. The molecule has 2 N–H and O–H groups in total. The van der Waals surface area contributed by atoms with Crippen molar-refractivity contribution in [2.75, 3.05) is 35.8 Å². The summed E-state index contributed by atoms with van der Waals surface area (Å²) in [4.78, 5) is 23.7. The fraction of sp³-hybridized carbons (Fsp3) is 0.292. The molecule has 0 radical (unpaired) electrons. The molecule has 0 aliphatic carbocycles. The summed E-state index contributed by atoms with van der Waals surface area (Å²) >= 11 is 0. The molecule has 2 aromatic rings. The fourth-order valence-electron chi connectivity index (χ4n) is 3.70. The van der Waals surface area contributed by atoms with E-state index in [0.29, 0.717) is 13.0 Å². The zero-order valence-corrected chi connectivity index (χ0v) is 18.1. The Bertz CT molecular complexity index is 1070. The number of carbonyl (C=O) groups excluding carboxylic acids is 1. The first-order valence-corrected chi connectivity index (χ1v) is 10.4. The standard InChI is InChI=1S/C24H27N5O2/c1-16-5-4-6-17(2)23(16)28-24-18-9-11-29(15-25-14-18)21-13-19(7-8-20(21)27-24)26-22(30)10-12-31-3/h4-8,13-15H,9-12H2,1-3H3,(H,26,30)(H,27,28). The van der Waals surface area contributed by atoms with Gasteiger partial charge in [-0.05, 0) is 49.6 Å². The van der Waals surface area contributed by atoms with Crippen molar-refractivity contribution >= 4 is 40.8 Å². The molecule has 31 heavy (non-hydrogen) atoms. The van der Waals surface area contributed by atoms with Crippen LogP contribution in [0.5, 0.6) is 0 Å². The van der Waals surface area contributed by atoms with E-state index in [2.05, 4.69) is 52.6 Å². The first-order chi connectivity index (χ1) is 15.0. The van der Waals surface area contributed by atoms with Crippen LogP contribution in [0.3, 0.4) is 0 Å². The highest BCUT2D eigenvalue weighted by atomic mass is 16.5. The third-order valence-corrected chi connectivity index (χ3v) is 5.42. The van der Waals surface area contributed by atoms with E-state index in [-0.39, 0.29) is 5.91 Å². The Balaban J connectivity index is 1.71. The maximum Gasteiger partial charge on any atom is 0.226 e. The highest BCUT2D eigenvalue weighted by molar-refractivity contribution is 6.11. The summed E-state index contributed by atoms with van der Waals surface area (Å²) in [6.07, 6.45) is 4.81. The van der Waals surface area contributed by atoms with Crippen LogP contribution in [0.2, 0.25) is 0 Å². The van der Waals surface area contributed by atoms with Gasteiger partial charge in [-0.15, -0.1) is 0 Å². The number of hydrogen-bond acceptors (Lipinski definition) is 6. The van der Waals surface area contributed by atoms with Crippen molar-refractivity contribution in [3.05, 3.63) is 59.3 Å². The third-order valence-electron chi connectivity index (χ3n) is 5.42. The van der Waals surface area contributed by atoms with Gasteiger partial charge in [0.05, 0.1) is 30.7 Å². The molecule has 0 unspecified atom stereocenters. The van der Waals surface area contributed by atoms with Gasteiger partial charge in [-0.25, -0.2) is 9.98 Å². The van der Waals surface area contributed by atoms with Crippen LogP contribution in [0.1, 0.15) is 24.0 Å². The van der Waals surface area contributed by atoms with Crippen molar-refractivity contribution in [1.29, 1.82) is 0 Å². The number of carbonyl (C=O) groups is 1. The third kappa shape index (κ3) is 4.67. The van der Waals surface area contributed by atoms with Crippen molar-refractivity contribution in [3.8, 4) is 0 Å². The lowest BCUT2D eigenvalue weighted by atomic mass is 10.1. The Hall–Kier alpha value is -3.45. The summed E-state index contributed by atoms with van der Waals surface area (Å²) < 4.78 is 4.99. The number of nitrogens with one attached hydrogen (secondary N) is 2. The maximum atomic E-state index is 12.1. The maximum absolute atomic E-state index is 12.1. The number of aryl methyl sites for hydroxylation is 2. The highest BCUT2D eigenvalue weighted by Gasteiger charge is 2.21. The minimum Gasteiger partial charge on any atom is -0.384 e. The molecule has 7 heteroatoms. The molecule has 1 amide bonds. The number of amides is 1. The Labute approximate surface area is 182 Å². The smallest absolute Gasteiger partial charge is 0.226 e. The predicted molar refractivity (Wildman–Crippen MR) is 127 cm³/mol. The molecule has 0 spiro atoms. The average Bonchev–Trinajstić information content (AvgIpc) is 2.97. The summed E-state index contributed by atoms with van der Waals surface area (Å²) in [5.41, 5.74) is 6.91. The van der Waals surface area contributed by atoms with Gasteiger partial charge >= 0.3 is 0 Å². The molecular formula is C24H27N5O2. The van der Waals surface area contributed by atoms with Gasteiger partial charge in [0.15, 0.2) is 0 Å². The lowest BCUT2D eigenvalue weighted by Crippen LogP contribution is -2.26. The van der Waals surface area contributed by atoms with E-state index in [1.165, 1.54) is 11.1 Å². The lowest BCUT2D eigenvalue weighted by Gasteiger charge is -2.25. The van der Waals surface area contributed by atoms with Crippen LogP contribution in [0, 0.1) is 13.8 Å². The molecule has 2 aromatic carbocycles. The van der Waals surface area contributed by atoms with Crippen LogP contribution in [-0.4, -0.2) is 38.3 Å². The highest BCUT2D eigenvalue weighted by Crippen LogP contribution is 2.35. The number of aliphatic imine (C=N–C) groups is 2. The number of methoxy groups -OCH3 is 1. The monoisotopic (exact) mass is 417 g/mol. The van der Waals surface area contributed by atoms with E-state index in [0.717, 1.165) is 47.1 Å². The van der Waals surface area contributed by atoms with E-state index in [4.69, 9.17) is 9.73 Å². The van der Waals surface area contributed by atoms with Gasteiger partial charge in [-0.2, -0.15) is 0 Å². The van der Waals surface area contributed by atoms with Gasteiger partial charge in [0, 0.05) is 36.8 Å². The number of nitrogens with zero attached hydrogens (tertiary/aromatic N) is 3. The average molecular weight is 418 g/mol. The van der Waals surface area contributed by atoms with Crippen LogP contribution in [0.25, 0.3) is 0 Å². The van der Waals surface area contributed by atoms with Crippen LogP contribution in [0.15, 0.2) is 58.2 Å². The SMILES string of the molecule is COCCC(=O)Nc1ccc2c(c1)N1C=NC=C(CC1)C(Nc1c(C)cccc1C)=N2. The number of ether oxygens (including phenoxy) is 1. The second-order valence-electron chi connectivity index (χ2n) is 7.71. The zero-order chi connectivity index (χ0) is 21.8. The molecule has 2 bridgehead atoms. The van der Waals surface area contributed by atoms with Crippen molar-refractivity contribution in [2.24, 2.45) is 9.98 Å². The van der Waals surface area contributed by atoms with Gasteiger partial charge < -0.3 is 20.3 Å². The van der Waals surface area contributed by atoms with Gasteiger partial charge in [-0.1, -0.05) is 18.2 Å². The Morgan fingerprint density at radius 1 is 1.19 bits per heavy atom. The minimum atomic E-state index is -0.0815. The van der Waals surface area contributed by atoms with Gasteiger partial charge in [0.1, 0.15) is 5.84 Å². The summed E-state index contributed by atoms with van der Waals surface area (Å²) in [5, 5.41) is 6.49. The van der Waals surface area contributed by atoms with E-state index in [9.17, 15) is 4.79 Å². The Morgan fingerprint density at radius 3 is 2.77 bits per heavy atom. The number of para-hydroxylation sites is 1.